The van der Waals surface area contributed by atoms with E-state index in [-0.39, 0.29) is 29.4 Å². The number of carbonyl (C=O) groups is 4. The van der Waals surface area contributed by atoms with Crippen molar-refractivity contribution in [1.82, 2.24) is 9.80 Å². The summed E-state index contributed by atoms with van der Waals surface area (Å²) in [6, 6.07) is 38.7. The quantitative estimate of drug-likeness (QED) is 0.0647. The molecule has 5 aromatic carbocycles. The third-order valence-electron chi connectivity index (χ3n) is 14.3. The second kappa shape index (κ2) is 22.2. The average molecular weight is 924 g/mol. The maximum atomic E-state index is 14.3. The summed E-state index contributed by atoms with van der Waals surface area (Å²) in [5.41, 5.74) is 2.82. The Morgan fingerprint density at radius 2 is 0.941 bits per heavy atom. The topological polar surface area (TPSA) is 143 Å². The summed E-state index contributed by atoms with van der Waals surface area (Å²) in [5, 5.41) is 29.4. The standard InChI is InChI=1S/C56H66FN5O6/c1-5-55(67,6-2)49(41-17-11-9-12-18-41)53(65)61-35-15-21-47(61)51(63)58-44-29-23-39(24-30-44)37-60(46-33-27-43(57)28-34-46)38-40-25-31-45(32-26-40)59-52(64)48-22-16-36-62(48)54(66)50(56(68,7-3)8-4)42-19-13-10-14-20-42/h9-14,17-20,23-34,47-50,67-68H,5-8,15-16,21-22,35-38H2,1-4H3,(H,58,63)(H,59,64)/t47-,48?,49?,50?/m0/s1. The number of carbonyl (C=O) groups excluding carboxylic acids is 4. The SMILES string of the molecule is CCC(O)(CC)C(C(=O)N1CCCC1C(=O)Nc1ccc(CN(Cc2ccc(NC(=O)[C@@H]3CCCN3C(=O)C(c3ccccc3)C(O)(CC)CC)cc2)c2ccc(F)cc2)cc1)c1ccccc1. The van der Waals surface area contributed by atoms with Crippen LogP contribution in [0.5, 0.6) is 0 Å². The number of anilines is 3. The van der Waals surface area contributed by atoms with Gasteiger partial charge in [0, 0.05) is 43.2 Å². The number of amides is 4. The van der Waals surface area contributed by atoms with E-state index in [0.29, 0.717) is 88.9 Å². The van der Waals surface area contributed by atoms with E-state index >= 15 is 0 Å². The van der Waals surface area contributed by atoms with E-state index < -0.39 is 35.1 Å². The van der Waals surface area contributed by atoms with Gasteiger partial charge in [-0.25, -0.2) is 4.39 Å². The number of aliphatic hydroxyl groups is 2. The number of likely N-dealkylation sites (tertiary alicyclic amines) is 2. The van der Waals surface area contributed by atoms with Crippen LogP contribution >= 0.6 is 0 Å². The number of rotatable bonds is 19. The fourth-order valence-corrected chi connectivity index (χ4v) is 10.1. The van der Waals surface area contributed by atoms with Crippen molar-refractivity contribution in [3.8, 4) is 0 Å². The first-order chi connectivity index (χ1) is 32.8. The van der Waals surface area contributed by atoms with Gasteiger partial charge in [0.15, 0.2) is 0 Å². The molecule has 3 unspecified atom stereocenters. The van der Waals surface area contributed by atoms with Gasteiger partial charge in [-0.05, 0) is 122 Å². The lowest BCUT2D eigenvalue weighted by molar-refractivity contribution is -0.144. The van der Waals surface area contributed by atoms with Crippen LogP contribution in [0.4, 0.5) is 21.5 Å². The molecule has 0 aromatic heterocycles. The lowest BCUT2D eigenvalue weighted by Gasteiger charge is -2.37. The number of hydrogen-bond acceptors (Lipinski definition) is 7. The minimum absolute atomic E-state index is 0.244. The Morgan fingerprint density at radius 1 is 0.574 bits per heavy atom. The van der Waals surface area contributed by atoms with Crippen molar-refractivity contribution >= 4 is 40.7 Å². The van der Waals surface area contributed by atoms with Gasteiger partial charge in [-0.1, -0.05) is 113 Å². The van der Waals surface area contributed by atoms with Crippen LogP contribution < -0.4 is 15.5 Å². The summed E-state index contributed by atoms with van der Waals surface area (Å²) in [4.78, 5) is 61.5. The van der Waals surface area contributed by atoms with Crippen LogP contribution in [0.2, 0.25) is 0 Å². The van der Waals surface area contributed by atoms with Crippen LogP contribution in [0, 0.1) is 5.82 Å². The smallest absolute Gasteiger partial charge is 0.247 e. The van der Waals surface area contributed by atoms with E-state index in [9.17, 15) is 33.8 Å². The number of hydrogen-bond donors (Lipinski definition) is 4. The Morgan fingerprint density at radius 3 is 1.29 bits per heavy atom. The molecule has 0 spiro atoms. The van der Waals surface area contributed by atoms with Crippen LogP contribution in [0.1, 0.15) is 113 Å². The van der Waals surface area contributed by atoms with Crippen molar-refractivity contribution in [2.75, 3.05) is 28.6 Å². The zero-order chi connectivity index (χ0) is 48.4. The molecule has 2 heterocycles. The van der Waals surface area contributed by atoms with Gasteiger partial charge < -0.3 is 35.5 Å². The zero-order valence-corrected chi connectivity index (χ0v) is 39.7. The van der Waals surface area contributed by atoms with Gasteiger partial charge in [-0.15, -0.1) is 0 Å². The molecule has 12 heteroatoms. The molecule has 11 nitrogen and oxygen atoms in total. The summed E-state index contributed by atoms with van der Waals surface area (Å²) >= 11 is 0. The largest absolute Gasteiger partial charge is 0.389 e. The van der Waals surface area contributed by atoms with E-state index in [0.717, 1.165) is 27.9 Å². The molecule has 4 atom stereocenters. The molecule has 0 aliphatic carbocycles. The molecule has 2 saturated heterocycles. The Balaban J connectivity index is 1.00. The molecule has 358 valence electrons. The molecular formula is C56H66FN5O6. The molecule has 0 radical (unpaired) electrons. The van der Waals surface area contributed by atoms with Crippen LogP contribution in [0.15, 0.2) is 133 Å². The van der Waals surface area contributed by atoms with Crippen molar-refractivity contribution in [2.24, 2.45) is 0 Å². The van der Waals surface area contributed by atoms with Crippen molar-refractivity contribution in [1.29, 1.82) is 0 Å². The summed E-state index contributed by atoms with van der Waals surface area (Å²) in [6.07, 6.45) is 3.98. The first-order valence-electron chi connectivity index (χ1n) is 24.3. The average Bonchev–Trinajstić information content (AvgIpc) is 4.08. The summed E-state index contributed by atoms with van der Waals surface area (Å²) in [5.74, 6) is -2.98. The summed E-state index contributed by atoms with van der Waals surface area (Å²) in [7, 11) is 0. The maximum Gasteiger partial charge on any atom is 0.247 e. The second-order valence-electron chi connectivity index (χ2n) is 18.4. The van der Waals surface area contributed by atoms with Gasteiger partial charge in [0.05, 0.1) is 23.0 Å². The number of nitrogens with zero attached hydrogens (tertiary/aromatic N) is 3. The van der Waals surface area contributed by atoms with Crippen LogP contribution in [-0.4, -0.2) is 80.0 Å². The van der Waals surface area contributed by atoms with Gasteiger partial charge in [0.1, 0.15) is 17.9 Å². The Hall–Kier alpha value is -6.37. The highest BCUT2D eigenvalue weighted by atomic mass is 19.1. The Bertz CT molecular complexity index is 2310. The van der Waals surface area contributed by atoms with E-state index in [1.54, 1.807) is 21.9 Å². The van der Waals surface area contributed by atoms with Crippen LogP contribution in [-0.2, 0) is 32.3 Å². The monoisotopic (exact) mass is 923 g/mol. The summed E-state index contributed by atoms with van der Waals surface area (Å²) in [6.45, 7) is 9.31. The minimum Gasteiger partial charge on any atom is -0.389 e. The molecule has 2 aliphatic heterocycles. The first-order valence-corrected chi connectivity index (χ1v) is 24.3. The van der Waals surface area contributed by atoms with Gasteiger partial charge in [0.2, 0.25) is 23.6 Å². The lowest BCUT2D eigenvalue weighted by Crippen LogP contribution is -2.50. The highest BCUT2D eigenvalue weighted by Crippen LogP contribution is 2.39. The Labute approximate surface area is 400 Å². The van der Waals surface area contributed by atoms with Crippen molar-refractivity contribution in [3.05, 3.63) is 162 Å². The van der Waals surface area contributed by atoms with Crippen molar-refractivity contribution in [2.45, 2.75) is 127 Å². The molecule has 0 saturated carbocycles. The van der Waals surface area contributed by atoms with Gasteiger partial charge in [-0.2, -0.15) is 0 Å². The van der Waals surface area contributed by atoms with E-state index in [2.05, 4.69) is 15.5 Å². The van der Waals surface area contributed by atoms with Crippen molar-refractivity contribution in [3.63, 3.8) is 0 Å². The van der Waals surface area contributed by atoms with E-state index in [4.69, 9.17) is 0 Å². The predicted octanol–water partition coefficient (Wildman–Crippen LogP) is 9.56. The van der Waals surface area contributed by atoms with E-state index in [1.807, 2.05) is 137 Å². The third-order valence-corrected chi connectivity index (χ3v) is 14.3. The molecule has 2 aliphatic rings. The molecule has 68 heavy (non-hydrogen) atoms. The van der Waals surface area contributed by atoms with Gasteiger partial charge >= 0.3 is 0 Å². The molecule has 4 amide bonds. The lowest BCUT2D eigenvalue weighted by atomic mass is 9.77. The molecule has 2 fully saturated rings. The fraction of sp³-hybridized carbons (Fsp3) is 0.393. The molecule has 4 N–H and O–H groups in total. The number of halogens is 1. The Kier molecular flexibility index (Phi) is 16.1. The molecule has 0 bridgehead atoms. The fourth-order valence-electron chi connectivity index (χ4n) is 10.1. The highest BCUT2D eigenvalue weighted by Gasteiger charge is 2.47. The van der Waals surface area contributed by atoms with Crippen LogP contribution in [0.25, 0.3) is 0 Å². The summed E-state index contributed by atoms with van der Waals surface area (Å²) < 4.78 is 14.1. The highest BCUT2D eigenvalue weighted by molar-refractivity contribution is 5.99. The zero-order valence-electron chi connectivity index (χ0n) is 39.7. The third kappa shape index (κ3) is 11.1. The molecule has 5 aromatic rings. The minimum atomic E-state index is -1.25. The molecule has 7 rings (SSSR count). The van der Waals surface area contributed by atoms with Gasteiger partial charge in [0.25, 0.3) is 0 Å². The first kappa shape index (κ1) is 49.5. The van der Waals surface area contributed by atoms with Crippen LogP contribution in [0.3, 0.4) is 0 Å². The van der Waals surface area contributed by atoms with Crippen molar-refractivity contribution < 1.29 is 33.8 Å². The predicted molar refractivity (Wildman–Crippen MR) is 265 cm³/mol. The van der Waals surface area contributed by atoms with E-state index in [1.165, 1.54) is 12.1 Å². The van der Waals surface area contributed by atoms with Gasteiger partial charge in [-0.3, -0.25) is 19.2 Å². The maximum absolute atomic E-state index is 14.3. The normalized spacial score (nSPS) is 17.1. The molecular weight excluding hydrogens is 858 g/mol. The second-order valence-corrected chi connectivity index (χ2v) is 18.4. The number of nitrogens with one attached hydrogen (secondary N) is 2. The number of benzene rings is 5.